The van der Waals surface area contributed by atoms with Gasteiger partial charge in [-0.05, 0) is 67.6 Å². The summed E-state index contributed by atoms with van der Waals surface area (Å²) in [6, 6.07) is 15.7. The molecule has 0 saturated heterocycles. The van der Waals surface area contributed by atoms with Crippen LogP contribution in [0, 0.1) is 13.8 Å². The third-order valence-electron chi connectivity index (χ3n) is 6.24. The average Bonchev–Trinajstić information content (AvgIpc) is 3.22. The van der Waals surface area contributed by atoms with Gasteiger partial charge in [-0.2, -0.15) is 0 Å². The molecule has 36 heavy (non-hydrogen) atoms. The van der Waals surface area contributed by atoms with E-state index in [-0.39, 0.29) is 18.3 Å². The average molecular weight is 512 g/mol. The van der Waals surface area contributed by atoms with Gasteiger partial charge in [0.1, 0.15) is 27.9 Å². The Labute approximate surface area is 213 Å². The zero-order valence-corrected chi connectivity index (χ0v) is 21.8. The summed E-state index contributed by atoms with van der Waals surface area (Å²) < 4.78 is 40.2. The molecule has 7 nitrogen and oxygen atoms in total. The van der Waals surface area contributed by atoms with E-state index in [1.807, 2.05) is 56.3 Å². The van der Waals surface area contributed by atoms with Crippen LogP contribution in [-0.2, 0) is 16.4 Å². The molecule has 2 aromatic carbocycles. The topological polar surface area (TPSA) is 95.0 Å². The van der Waals surface area contributed by atoms with Crippen molar-refractivity contribution >= 4 is 9.84 Å². The monoisotopic (exact) mass is 511 g/mol. The molecule has 4 rings (SSSR count). The summed E-state index contributed by atoms with van der Waals surface area (Å²) in [5.41, 5.74) is 6.01. The van der Waals surface area contributed by atoms with E-state index in [0.717, 1.165) is 45.0 Å². The number of hydrogen-bond acceptors (Lipinski definition) is 7. The summed E-state index contributed by atoms with van der Waals surface area (Å²) in [4.78, 5) is 4.73. The molecule has 1 unspecified atom stereocenters. The van der Waals surface area contributed by atoms with E-state index in [2.05, 4.69) is 6.07 Å². The van der Waals surface area contributed by atoms with Gasteiger partial charge in [-0.3, -0.25) is 0 Å². The Hall–Kier alpha value is -3.10. The molecule has 1 aliphatic heterocycles. The number of fused-ring (bicyclic) bond motifs is 1. The first kappa shape index (κ1) is 26.0. The molecule has 3 aromatic rings. The van der Waals surface area contributed by atoms with Gasteiger partial charge in [0.05, 0.1) is 24.7 Å². The van der Waals surface area contributed by atoms with Crippen LogP contribution >= 0.6 is 0 Å². The van der Waals surface area contributed by atoms with E-state index in [1.54, 1.807) is 0 Å². The van der Waals surface area contributed by atoms with Crippen molar-refractivity contribution < 1.29 is 27.7 Å². The zero-order chi connectivity index (χ0) is 25.7. The second-order valence-electron chi connectivity index (χ2n) is 9.31. The van der Waals surface area contributed by atoms with Crippen LogP contribution in [0.3, 0.4) is 0 Å². The fourth-order valence-corrected chi connectivity index (χ4v) is 5.16. The van der Waals surface area contributed by atoms with Crippen LogP contribution in [0.5, 0.6) is 17.4 Å². The van der Waals surface area contributed by atoms with Crippen LogP contribution in [0.15, 0.2) is 48.5 Å². The predicted molar refractivity (Wildman–Crippen MR) is 140 cm³/mol. The van der Waals surface area contributed by atoms with Crippen LogP contribution in [0.2, 0.25) is 0 Å². The molecule has 1 atom stereocenters. The quantitative estimate of drug-likeness (QED) is 0.376. The van der Waals surface area contributed by atoms with Crippen molar-refractivity contribution in [2.45, 2.75) is 39.2 Å². The number of aromatic nitrogens is 1. The Morgan fingerprint density at radius 2 is 1.86 bits per heavy atom. The number of aliphatic hydroxyl groups is 1. The maximum absolute atomic E-state index is 11.3. The summed E-state index contributed by atoms with van der Waals surface area (Å²) in [5, 5.41) is 9.23. The van der Waals surface area contributed by atoms with Gasteiger partial charge in [-0.1, -0.05) is 18.2 Å². The summed E-state index contributed by atoms with van der Waals surface area (Å²) in [6.07, 6.45) is 2.39. The van der Waals surface area contributed by atoms with Crippen molar-refractivity contribution in [3.63, 3.8) is 0 Å². The fourth-order valence-electron chi connectivity index (χ4n) is 4.52. The van der Waals surface area contributed by atoms with Gasteiger partial charge in [-0.25, -0.2) is 13.4 Å². The summed E-state index contributed by atoms with van der Waals surface area (Å²) in [6.45, 7) is 5.50. The molecule has 0 fully saturated rings. The van der Waals surface area contributed by atoms with Crippen LogP contribution in [-0.4, -0.2) is 50.3 Å². The summed E-state index contributed by atoms with van der Waals surface area (Å²) in [7, 11) is -2.99. The van der Waals surface area contributed by atoms with Gasteiger partial charge < -0.3 is 19.3 Å². The van der Waals surface area contributed by atoms with Crippen molar-refractivity contribution in [3.8, 4) is 28.6 Å². The van der Waals surface area contributed by atoms with Crippen molar-refractivity contribution in [1.29, 1.82) is 0 Å². The molecule has 1 aliphatic rings. The van der Waals surface area contributed by atoms with E-state index in [0.29, 0.717) is 38.5 Å². The normalized spacial score (nSPS) is 14.8. The van der Waals surface area contributed by atoms with Gasteiger partial charge in [0.25, 0.3) is 0 Å². The van der Waals surface area contributed by atoms with Gasteiger partial charge in [-0.15, -0.1) is 0 Å². The van der Waals surface area contributed by atoms with Crippen LogP contribution < -0.4 is 14.2 Å². The highest BCUT2D eigenvalue weighted by molar-refractivity contribution is 7.90. The standard InChI is InChI=1S/C28H33NO6S/c1-19-14-23(33-12-5-13-36(3,31)32)15-20(2)28(19)25-6-4-7-27(29-25)35-17-21-8-9-24-22(10-11-30)18-34-26(24)16-21/h4,6-9,14-16,22,30H,5,10-13,17-18H2,1-3H3. The fraction of sp³-hybridized carbons (Fsp3) is 0.393. The number of nitrogens with zero attached hydrogens (tertiary/aromatic N) is 1. The molecule has 0 amide bonds. The largest absolute Gasteiger partial charge is 0.494 e. The van der Waals surface area contributed by atoms with Crippen LogP contribution in [0.4, 0.5) is 0 Å². The molecule has 8 heteroatoms. The molecule has 0 saturated carbocycles. The van der Waals surface area contributed by atoms with Gasteiger partial charge in [0, 0.05) is 36.0 Å². The molecule has 0 aliphatic carbocycles. The maximum atomic E-state index is 11.3. The van der Waals surface area contributed by atoms with Crippen molar-refractivity contribution in [2.75, 3.05) is 31.8 Å². The number of rotatable bonds is 11. The minimum Gasteiger partial charge on any atom is -0.494 e. The molecule has 0 bridgehead atoms. The Bertz CT molecular complexity index is 1300. The number of ether oxygens (including phenoxy) is 3. The number of pyridine rings is 1. The lowest BCUT2D eigenvalue weighted by atomic mass is 9.97. The molecular formula is C28H33NO6S. The summed E-state index contributed by atoms with van der Waals surface area (Å²) in [5.74, 6) is 2.47. The first-order valence-corrected chi connectivity index (χ1v) is 14.2. The second-order valence-corrected chi connectivity index (χ2v) is 11.6. The lowest BCUT2D eigenvalue weighted by Gasteiger charge is -2.14. The van der Waals surface area contributed by atoms with Crippen molar-refractivity contribution in [2.24, 2.45) is 0 Å². The molecule has 1 N–H and O–H groups in total. The third kappa shape index (κ3) is 6.56. The van der Waals surface area contributed by atoms with Crippen molar-refractivity contribution in [3.05, 3.63) is 70.8 Å². The maximum Gasteiger partial charge on any atom is 0.214 e. The number of aryl methyl sites for hydroxylation is 2. The van der Waals surface area contributed by atoms with E-state index in [9.17, 15) is 13.5 Å². The lowest BCUT2D eigenvalue weighted by molar-refractivity contribution is 0.254. The summed E-state index contributed by atoms with van der Waals surface area (Å²) >= 11 is 0. The highest BCUT2D eigenvalue weighted by atomic mass is 32.2. The Morgan fingerprint density at radius 3 is 2.58 bits per heavy atom. The molecule has 2 heterocycles. The lowest BCUT2D eigenvalue weighted by Crippen LogP contribution is -2.08. The van der Waals surface area contributed by atoms with Crippen LogP contribution in [0.25, 0.3) is 11.3 Å². The number of sulfone groups is 1. The first-order valence-electron chi connectivity index (χ1n) is 12.1. The molecular weight excluding hydrogens is 478 g/mol. The van der Waals surface area contributed by atoms with E-state index in [1.165, 1.54) is 6.26 Å². The molecule has 1 aromatic heterocycles. The second kappa shape index (κ2) is 11.3. The number of aliphatic hydroxyl groups excluding tert-OH is 1. The van der Waals surface area contributed by atoms with E-state index in [4.69, 9.17) is 19.2 Å². The minimum atomic E-state index is -2.99. The SMILES string of the molecule is Cc1cc(OCCCS(C)(=O)=O)cc(C)c1-c1cccc(OCc2ccc3c(c2)OCC3CCO)n1. The Morgan fingerprint density at radius 1 is 1.08 bits per heavy atom. The molecule has 192 valence electrons. The Kier molecular flexibility index (Phi) is 8.16. The van der Waals surface area contributed by atoms with Crippen LogP contribution in [0.1, 0.15) is 41.0 Å². The highest BCUT2D eigenvalue weighted by Crippen LogP contribution is 2.36. The third-order valence-corrected chi connectivity index (χ3v) is 7.27. The molecule has 0 radical (unpaired) electrons. The highest BCUT2D eigenvalue weighted by Gasteiger charge is 2.23. The van der Waals surface area contributed by atoms with Gasteiger partial charge in [0.2, 0.25) is 5.88 Å². The zero-order valence-electron chi connectivity index (χ0n) is 21.0. The Balaban J connectivity index is 1.42. The van der Waals surface area contributed by atoms with Gasteiger partial charge >= 0.3 is 0 Å². The van der Waals surface area contributed by atoms with Gasteiger partial charge in [0.15, 0.2) is 0 Å². The van der Waals surface area contributed by atoms with E-state index < -0.39 is 9.84 Å². The minimum absolute atomic E-state index is 0.114. The number of hydrogen-bond donors (Lipinski definition) is 1. The molecule has 0 spiro atoms. The number of benzene rings is 2. The van der Waals surface area contributed by atoms with E-state index >= 15 is 0 Å². The first-order chi connectivity index (χ1) is 17.2. The smallest absolute Gasteiger partial charge is 0.214 e. The van der Waals surface area contributed by atoms with Crippen molar-refractivity contribution in [1.82, 2.24) is 4.98 Å². The predicted octanol–water partition coefficient (Wildman–Crippen LogP) is 4.62.